The second-order valence-corrected chi connectivity index (χ2v) is 2.05. The number of aromatic nitrogens is 2. The standard InChI is InChI=1S/C6H11N3O2.ClH/c1-10-3-2-5-8-6(4-7)11-9-5;/h2-4,7H2,1H3;1H. The van der Waals surface area contributed by atoms with Crippen molar-refractivity contribution in [2.75, 3.05) is 13.7 Å². The minimum Gasteiger partial charge on any atom is -0.384 e. The fourth-order valence-corrected chi connectivity index (χ4v) is 0.668. The second-order valence-electron chi connectivity index (χ2n) is 2.05. The van der Waals surface area contributed by atoms with Crippen molar-refractivity contribution < 1.29 is 9.26 Å². The molecule has 1 aromatic rings. The lowest BCUT2D eigenvalue weighted by Crippen LogP contribution is -1.98. The molecule has 0 saturated heterocycles. The molecule has 0 fully saturated rings. The van der Waals surface area contributed by atoms with Crippen LogP contribution in [-0.4, -0.2) is 23.9 Å². The van der Waals surface area contributed by atoms with Crippen molar-refractivity contribution in [3.05, 3.63) is 11.7 Å². The molecule has 0 aliphatic rings. The number of methoxy groups -OCH3 is 1. The number of hydrogen-bond acceptors (Lipinski definition) is 5. The van der Waals surface area contributed by atoms with Gasteiger partial charge in [-0.2, -0.15) is 4.98 Å². The molecular formula is C6H12ClN3O2. The Bertz CT molecular complexity index is 216. The third-order valence-corrected chi connectivity index (χ3v) is 1.21. The molecular weight excluding hydrogens is 182 g/mol. The summed E-state index contributed by atoms with van der Waals surface area (Å²) in [5.41, 5.74) is 5.26. The highest BCUT2D eigenvalue weighted by atomic mass is 35.5. The molecule has 0 unspecified atom stereocenters. The Balaban J connectivity index is 0.00000121. The summed E-state index contributed by atoms with van der Waals surface area (Å²) >= 11 is 0. The van der Waals surface area contributed by atoms with Crippen molar-refractivity contribution in [3.63, 3.8) is 0 Å². The molecule has 1 rings (SSSR count). The summed E-state index contributed by atoms with van der Waals surface area (Å²) in [6, 6.07) is 0. The van der Waals surface area contributed by atoms with Gasteiger partial charge in [-0.05, 0) is 0 Å². The van der Waals surface area contributed by atoms with E-state index in [2.05, 4.69) is 10.1 Å². The van der Waals surface area contributed by atoms with Gasteiger partial charge in [0.2, 0.25) is 5.89 Å². The zero-order chi connectivity index (χ0) is 8.10. The maximum absolute atomic E-state index is 5.26. The van der Waals surface area contributed by atoms with Crippen LogP contribution in [0, 0.1) is 0 Å². The molecule has 12 heavy (non-hydrogen) atoms. The molecule has 0 atom stereocenters. The molecule has 70 valence electrons. The quantitative estimate of drug-likeness (QED) is 0.736. The number of nitrogens with zero attached hydrogens (tertiary/aromatic N) is 2. The lowest BCUT2D eigenvalue weighted by atomic mass is 10.4. The van der Waals surface area contributed by atoms with Crippen LogP contribution in [0.3, 0.4) is 0 Å². The van der Waals surface area contributed by atoms with Gasteiger partial charge in [0.1, 0.15) is 0 Å². The van der Waals surface area contributed by atoms with Gasteiger partial charge in [0.15, 0.2) is 5.82 Å². The first-order valence-electron chi connectivity index (χ1n) is 3.37. The zero-order valence-electron chi connectivity index (χ0n) is 6.82. The lowest BCUT2D eigenvalue weighted by molar-refractivity contribution is 0.199. The SMILES string of the molecule is COCCc1noc(CN)n1.Cl. The van der Waals surface area contributed by atoms with Crippen molar-refractivity contribution in [3.8, 4) is 0 Å². The summed E-state index contributed by atoms with van der Waals surface area (Å²) in [4.78, 5) is 3.98. The van der Waals surface area contributed by atoms with E-state index < -0.39 is 0 Å². The molecule has 2 N–H and O–H groups in total. The van der Waals surface area contributed by atoms with E-state index in [1.807, 2.05) is 0 Å². The van der Waals surface area contributed by atoms with Gasteiger partial charge >= 0.3 is 0 Å². The molecule has 0 amide bonds. The van der Waals surface area contributed by atoms with E-state index >= 15 is 0 Å². The van der Waals surface area contributed by atoms with Crippen LogP contribution in [0.25, 0.3) is 0 Å². The van der Waals surface area contributed by atoms with E-state index in [0.717, 1.165) is 0 Å². The van der Waals surface area contributed by atoms with Gasteiger partial charge in [-0.1, -0.05) is 5.16 Å². The maximum atomic E-state index is 5.26. The monoisotopic (exact) mass is 193 g/mol. The minimum absolute atomic E-state index is 0. The first-order chi connectivity index (χ1) is 5.36. The number of halogens is 1. The van der Waals surface area contributed by atoms with Gasteiger partial charge < -0.3 is 15.0 Å². The largest absolute Gasteiger partial charge is 0.384 e. The van der Waals surface area contributed by atoms with Gasteiger partial charge in [0.05, 0.1) is 13.2 Å². The fourth-order valence-electron chi connectivity index (χ4n) is 0.668. The lowest BCUT2D eigenvalue weighted by Gasteiger charge is -1.89. The van der Waals surface area contributed by atoms with Gasteiger partial charge in [0.25, 0.3) is 0 Å². The van der Waals surface area contributed by atoms with Gasteiger partial charge in [-0.25, -0.2) is 0 Å². The first kappa shape index (κ1) is 11.4. The zero-order valence-corrected chi connectivity index (χ0v) is 7.63. The minimum atomic E-state index is 0. The summed E-state index contributed by atoms with van der Waals surface area (Å²) < 4.78 is 9.60. The van der Waals surface area contributed by atoms with Crippen molar-refractivity contribution in [2.24, 2.45) is 5.73 Å². The highest BCUT2D eigenvalue weighted by Crippen LogP contribution is 1.96. The Kier molecular flexibility index (Phi) is 5.61. The van der Waals surface area contributed by atoms with E-state index in [1.165, 1.54) is 0 Å². The molecule has 0 bridgehead atoms. The van der Waals surface area contributed by atoms with E-state index in [0.29, 0.717) is 31.3 Å². The molecule has 6 heteroatoms. The number of nitrogens with two attached hydrogens (primary N) is 1. The van der Waals surface area contributed by atoms with Crippen molar-refractivity contribution >= 4 is 12.4 Å². The predicted octanol–water partition coefficient (Wildman–Crippen LogP) is 0.139. The molecule has 0 spiro atoms. The van der Waals surface area contributed by atoms with Gasteiger partial charge in [-0.3, -0.25) is 0 Å². The smallest absolute Gasteiger partial charge is 0.240 e. The van der Waals surface area contributed by atoms with Crippen molar-refractivity contribution in [1.82, 2.24) is 10.1 Å². The normalized spacial score (nSPS) is 9.50. The number of rotatable bonds is 4. The van der Waals surface area contributed by atoms with Crippen molar-refractivity contribution in [1.29, 1.82) is 0 Å². The topological polar surface area (TPSA) is 74.2 Å². The average Bonchev–Trinajstić information content (AvgIpc) is 2.48. The van der Waals surface area contributed by atoms with E-state index in [4.69, 9.17) is 15.0 Å². The predicted molar refractivity (Wildman–Crippen MR) is 45.0 cm³/mol. The molecule has 1 aromatic heterocycles. The fraction of sp³-hybridized carbons (Fsp3) is 0.667. The third-order valence-electron chi connectivity index (χ3n) is 1.21. The van der Waals surface area contributed by atoms with Crippen LogP contribution in [0.15, 0.2) is 4.52 Å². The van der Waals surface area contributed by atoms with Crippen LogP contribution >= 0.6 is 12.4 Å². The molecule has 0 saturated carbocycles. The summed E-state index contributed by atoms with van der Waals surface area (Å²) in [6.45, 7) is 0.892. The molecule has 0 radical (unpaired) electrons. The Hall–Kier alpha value is -0.650. The van der Waals surface area contributed by atoms with Crippen molar-refractivity contribution in [2.45, 2.75) is 13.0 Å². The van der Waals surface area contributed by atoms with E-state index in [-0.39, 0.29) is 12.4 Å². The van der Waals surface area contributed by atoms with Gasteiger partial charge in [0, 0.05) is 13.5 Å². The van der Waals surface area contributed by atoms with E-state index in [1.54, 1.807) is 7.11 Å². The number of ether oxygens (including phenoxy) is 1. The highest BCUT2D eigenvalue weighted by Gasteiger charge is 2.02. The Morgan fingerprint density at radius 2 is 2.33 bits per heavy atom. The highest BCUT2D eigenvalue weighted by molar-refractivity contribution is 5.85. The molecule has 0 aromatic carbocycles. The Labute approximate surface area is 76.7 Å². The molecule has 0 aliphatic carbocycles. The summed E-state index contributed by atoms with van der Waals surface area (Å²) in [5.74, 6) is 1.11. The Morgan fingerprint density at radius 3 is 2.83 bits per heavy atom. The van der Waals surface area contributed by atoms with Crippen LogP contribution < -0.4 is 5.73 Å². The Morgan fingerprint density at radius 1 is 1.58 bits per heavy atom. The van der Waals surface area contributed by atoms with Crippen LogP contribution in [-0.2, 0) is 17.7 Å². The van der Waals surface area contributed by atoms with E-state index in [9.17, 15) is 0 Å². The maximum Gasteiger partial charge on any atom is 0.240 e. The summed E-state index contributed by atoms with van der Waals surface area (Å²) in [7, 11) is 1.63. The molecule has 1 heterocycles. The number of hydrogen-bond donors (Lipinski definition) is 1. The molecule has 5 nitrogen and oxygen atoms in total. The average molecular weight is 194 g/mol. The van der Waals surface area contributed by atoms with Crippen LogP contribution in [0.4, 0.5) is 0 Å². The van der Waals surface area contributed by atoms with Gasteiger partial charge in [-0.15, -0.1) is 12.4 Å². The van der Waals surface area contributed by atoms with Crippen LogP contribution in [0.2, 0.25) is 0 Å². The summed E-state index contributed by atoms with van der Waals surface area (Å²) in [6.07, 6.45) is 0.667. The second kappa shape index (κ2) is 5.93. The van der Waals surface area contributed by atoms with Crippen LogP contribution in [0.1, 0.15) is 11.7 Å². The third kappa shape index (κ3) is 3.17. The first-order valence-corrected chi connectivity index (χ1v) is 3.37. The summed E-state index contributed by atoms with van der Waals surface area (Å²) in [5, 5.41) is 3.68. The van der Waals surface area contributed by atoms with Crippen LogP contribution in [0.5, 0.6) is 0 Å². The molecule has 0 aliphatic heterocycles.